The van der Waals surface area contributed by atoms with E-state index in [1.54, 1.807) is 0 Å². The number of hydrogen-bond donors (Lipinski definition) is 1. The molecule has 0 amide bonds. The zero-order valence-electron chi connectivity index (χ0n) is 8.07. The number of hydrogen-bond acceptors (Lipinski definition) is 3. The lowest BCUT2D eigenvalue weighted by atomic mass is 10.0. The van der Waals surface area contributed by atoms with Crippen molar-refractivity contribution >= 4 is 0 Å². The van der Waals surface area contributed by atoms with Crippen LogP contribution in [0.3, 0.4) is 0 Å². The predicted octanol–water partition coefficient (Wildman–Crippen LogP) is 1.24. The van der Waals surface area contributed by atoms with Crippen LogP contribution in [-0.2, 0) is 0 Å². The second-order valence-corrected chi connectivity index (χ2v) is 3.61. The van der Waals surface area contributed by atoms with Gasteiger partial charge in [0.15, 0.2) is 0 Å². The Morgan fingerprint density at radius 2 is 1.75 bits per heavy atom. The van der Waals surface area contributed by atoms with E-state index in [-0.39, 0.29) is 0 Å². The molecule has 0 bridgehead atoms. The molecule has 0 aromatic carbocycles. The van der Waals surface area contributed by atoms with E-state index in [4.69, 9.17) is 5.84 Å². The minimum absolute atomic E-state index is 0.377. The van der Waals surface area contributed by atoms with E-state index < -0.39 is 0 Å². The second-order valence-electron chi connectivity index (χ2n) is 3.61. The van der Waals surface area contributed by atoms with Crippen molar-refractivity contribution < 1.29 is 0 Å². The van der Waals surface area contributed by atoms with Crippen LogP contribution >= 0.6 is 0 Å². The molecule has 1 rings (SSSR count). The molecule has 0 saturated heterocycles. The van der Waals surface area contributed by atoms with Gasteiger partial charge in [-0.1, -0.05) is 27.7 Å². The first-order valence-corrected chi connectivity index (χ1v) is 4.24. The minimum atomic E-state index is 0.377. The highest BCUT2D eigenvalue weighted by Gasteiger charge is 2.16. The van der Waals surface area contributed by atoms with E-state index in [1.165, 1.54) is 4.79 Å². The maximum absolute atomic E-state index is 5.62. The SMILES string of the molecule is CC(C)c1nnn(N)c1C(C)C. The van der Waals surface area contributed by atoms with Crippen LogP contribution < -0.4 is 5.84 Å². The summed E-state index contributed by atoms with van der Waals surface area (Å²) in [6.45, 7) is 8.37. The molecule has 1 aromatic rings. The number of nitrogen functional groups attached to an aromatic ring is 1. The van der Waals surface area contributed by atoms with Crippen LogP contribution in [0.1, 0.15) is 50.9 Å². The van der Waals surface area contributed by atoms with Gasteiger partial charge >= 0.3 is 0 Å². The van der Waals surface area contributed by atoms with E-state index >= 15 is 0 Å². The largest absolute Gasteiger partial charge is 0.322 e. The van der Waals surface area contributed by atoms with Crippen LogP contribution in [-0.4, -0.2) is 15.1 Å². The Morgan fingerprint density at radius 1 is 1.17 bits per heavy atom. The Bertz CT molecular complexity index is 262. The lowest BCUT2D eigenvalue weighted by Crippen LogP contribution is -2.15. The highest BCUT2D eigenvalue weighted by Crippen LogP contribution is 2.21. The van der Waals surface area contributed by atoms with Crippen molar-refractivity contribution in [3.8, 4) is 0 Å². The minimum Gasteiger partial charge on any atom is -0.322 e. The van der Waals surface area contributed by atoms with Crippen LogP contribution in [0, 0.1) is 0 Å². The summed E-state index contributed by atoms with van der Waals surface area (Å²) < 4.78 is 0. The molecule has 0 spiro atoms. The fraction of sp³-hybridized carbons (Fsp3) is 0.750. The Balaban J connectivity index is 3.12. The molecule has 0 aliphatic rings. The third-order valence-electron chi connectivity index (χ3n) is 1.85. The topological polar surface area (TPSA) is 56.7 Å². The number of aromatic nitrogens is 3. The molecule has 12 heavy (non-hydrogen) atoms. The first kappa shape index (κ1) is 9.03. The summed E-state index contributed by atoms with van der Waals surface area (Å²) in [5.41, 5.74) is 2.04. The Kier molecular flexibility index (Phi) is 2.35. The first-order chi connectivity index (χ1) is 5.54. The van der Waals surface area contributed by atoms with Gasteiger partial charge in [0.1, 0.15) is 0 Å². The molecule has 4 nitrogen and oxygen atoms in total. The van der Waals surface area contributed by atoms with Crippen molar-refractivity contribution in [3.63, 3.8) is 0 Å². The zero-order chi connectivity index (χ0) is 9.30. The third-order valence-corrected chi connectivity index (χ3v) is 1.85. The van der Waals surface area contributed by atoms with Gasteiger partial charge in [0.25, 0.3) is 0 Å². The van der Waals surface area contributed by atoms with Gasteiger partial charge in [0, 0.05) is 0 Å². The molecular formula is C8H16N4. The molecule has 4 heteroatoms. The molecule has 2 N–H and O–H groups in total. The molecule has 0 aliphatic heterocycles. The summed E-state index contributed by atoms with van der Waals surface area (Å²) in [5, 5.41) is 7.83. The molecule has 1 heterocycles. The van der Waals surface area contributed by atoms with Gasteiger partial charge in [0.05, 0.1) is 11.4 Å². The first-order valence-electron chi connectivity index (χ1n) is 4.24. The highest BCUT2D eigenvalue weighted by atomic mass is 15.6. The van der Waals surface area contributed by atoms with Gasteiger partial charge in [-0.15, -0.1) is 5.10 Å². The molecule has 0 atom stereocenters. The van der Waals surface area contributed by atoms with E-state index in [0.717, 1.165) is 11.4 Å². The Hall–Kier alpha value is -1.06. The van der Waals surface area contributed by atoms with Crippen LogP contribution in [0.2, 0.25) is 0 Å². The van der Waals surface area contributed by atoms with Crippen molar-refractivity contribution in [2.45, 2.75) is 39.5 Å². The Labute approximate surface area is 72.7 Å². The molecule has 0 fully saturated rings. The van der Waals surface area contributed by atoms with E-state index in [1.807, 2.05) is 0 Å². The number of nitrogens with two attached hydrogens (primary N) is 1. The maximum Gasteiger partial charge on any atom is 0.0909 e. The predicted molar refractivity (Wildman–Crippen MR) is 48.4 cm³/mol. The fourth-order valence-corrected chi connectivity index (χ4v) is 1.28. The quantitative estimate of drug-likeness (QED) is 0.676. The van der Waals surface area contributed by atoms with E-state index in [2.05, 4.69) is 38.0 Å². The normalized spacial score (nSPS) is 11.5. The van der Waals surface area contributed by atoms with E-state index in [9.17, 15) is 0 Å². The third kappa shape index (κ3) is 1.42. The van der Waals surface area contributed by atoms with Crippen LogP contribution in [0.25, 0.3) is 0 Å². The van der Waals surface area contributed by atoms with Gasteiger partial charge in [-0.05, 0) is 17.0 Å². The molecular weight excluding hydrogens is 152 g/mol. The summed E-state index contributed by atoms with van der Waals surface area (Å²) in [4.78, 5) is 1.38. The molecule has 0 aliphatic carbocycles. The lowest BCUT2D eigenvalue weighted by Gasteiger charge is -2.08. The van der Waals surface area contributed by atoms with Gasteiger partial charge in [0.2, 0.25) is 0 Å². The number of nitrogens with zero attached hydrogens (tertiary/aromatic N) is 3. The number of rotatable bonds is 2. The standard InChI is InChI=1S/C8H16N4/c1-5(2)7-8(6(3)4)12(9)11-10-7/h5-6H,9H2,1-4H3. The molecule has 0 saturated carbocycles. The molecule has 68 valence electrons. The van der Waals surface area contributed by atoms with Crippen molar-refractivity contribution in [2.24, 2.45) is 0 Å². The molecule has 0 radical (unpaired) electrons. The smallest absolute Gasteiger partial charge is 0.0909 e. The maximum atomic E-state index is 5.62. The van der Waals surface area contributed by atoms with Gasteiger partial charge in [-0.25, -0.2) is 0 Å². The average Bonchev–Trinajstić information content (AvgIpc) is 2.30. The van der Waals surface area contributed by atoms with Gasteiger partial charge in [-0.2, -0.15) is 4.79 Å². The summed E-state index contributed by atoms with van der Waals surface area (Å²) >= 11 is 0. The van der Waals surface area contributed by atoms with Gasteiger partial charge < -0.3 is 5.84 Å². The van der Waals surface area contributed by atoms with Crippen molar-refractivity contribution in [1.29, 1.82) is 0 Å². The monoisotopic (exact) mass is 168 g/mol. The lowest BCUT2D eigenvalue weighted by molar-refractivity contribution is 0.683. The fourth-order valence-electron chi connectivity index (χ4n) is 1.28. The zero-order valence-corrected chi connectivity index (χ0v) is 8.07. The summed E-state index contributed by atoms with van der Waals surface area (Å²) in [6.07, 6.45) is 0. The summed E-state index contributed by atoms with van der Waals surface area (Å²) in [6, 6.07) is 0. The van der Waals surface area contributed by atoms with Crippen molar-refractivity contribution in [2.75, 3.05) is 5.84 Å². The Morgan fingerprint density at radius 3 is 2.08 bits per heavy atom. The van der Waals surface area contributed by atoms with Crippen LogP contribution in [0.5, 0.6) is 0 Å². The molecule has 1 aromatic heterocycles. The van der Waals surface area contributed by atoms with Crippen LogP contribution in [0.4, 0.5) is 0 Å². The summed E-state index contributed by atoms with van der Waals surface area (Å²) in [7, 11) is 0. The molecule has 0 unspecified atom stereocenters. The summed E-state index contributed by atoms with van der Waals surface area (Å²) in [5.74, 6) is 6.39. The second kappa shape index (κ2) is 3.13. The van der Waals surface area contributed by atoms with Crippen LogP contribution in [0.15, 0.2) is 0 Å². The average molecular weight is 168 g/mol. The van der Waals surface area contributed by atoms with Crippen molar-refractivity contribution in [3.05, 3.63) is 11.4 Å². The van der Waals surface area contributed by atoms with E-state index in [0.29, 0.717) is 11.8 Å². The van der Waals surface area contributed by atoms with Gasteiger partial charge in [-0.3, -0.25) is 0 Å². The highest BCUT2D eigenvalue weighted by molar-refractivity contribution is 5.17. The van der Waals surface area contributed by atoms with Crippen molar-refractivity contribution in [1.82, 2.24) is 15.1 Å².